The van der Waals surface area contributed by atoms with E-state index in [1.807, 2.05) is 16.7 Å². The van der Waals surface area contributed by atoms with Crippen LogP contribution in [0.2, 0.25) is 0 Å². The smallest absolute Gasteiger partial charge is 0.242 e. The van der Waals surface area contributed by atoms with Gasteiger partial charge in [0.25, 0.3) is 0 Å². The first-order valence-electron chi connectivity index (χ1n) is 6.94. The topological polar surface area (TPSA) is 82.4 Å². The minimum atomic E-state index is -3.63. The van der Waals surface area contributed by atoms with Crippen LogP contribution >= 0.6 is 11.8 Å². The van der Waals surface area contributed by atoms with Crippen molar-refractivity contribution in [3.63, 3.8) is 0 Å². The van der Waals surface area contributed by atoms with Gasteiger partial charge in [0.1, 0.15) is 4.90 Å². The molecule has 0 atom stereocenters. The Labute approximate surface area is 135 Å². The van der Waals surface area contributed by atoms with Gasteiger partial charge in [0, 0.05) is 38.2 Å². The average Bonchev–Trinajstić information content (AvgIpc) is 2.55. The van der Waals surface area contributed by atoms with Crippen molar-refractivity contribution in [2.24, 2.45) is 0 Å². The molecule has 6 nitrogen and oxygen atoms in total. The first kappa shape index (κ1) is 17.1. The summed E-state index contributed by atoms with van der Waals surface area (Å²) in [6.07, 6.45) is 0. The van der Waals surface area contributed by atoms with E-state index in [1.165, 1.54) is 19.2 Å². The molecule has 0 spiro atoms. The molecular weight excluding hydrogens is 322 g/mol. The van der Waals surface area contributed by atoms with Crippen molar-refractivity contribution in [3.8, 4) is 6.07 Å². The van der Waals surface area contributed by atoms with E-state index in [0.717, 1.165) is 24.6 Å². The minimum absolute atomic E-state index is 0.216. The second kappa shape index (κ2) is 7.83. The predicted molar refractivity (Wildman–Crippen MR) is 87.8 cm³/mol. The van der Waals surface area contributed by atoms with E-state index in [2.05, 4.69) is 10.8 Å². The number of benzene rings is 1. The fraction of sp³-hybridized carbons (Fsp3) is 0.500. The van der Waals surface area contributed by atoms with Gasteiger partial charge in [-0.1, -0.05) is 0 Å². The maximum atomic E-state index is 12.5. The van der Waals surface area contributed by atoms with Crippen molar-refractivity contribution in [3.05, 3.63) is 23.8 Å². The third kappa shape index (κ3) is 4.14. The number of ether oxygens (including phenoxy) is 1. The molecule has 1 aliphatic heterocycles. The summed E-state index contributed by atoms with van der Waals surface area (Å²) in [7, 11) is -2.10. The van der Waals surface area contributed by atoms with Gasteiger partial charge in [-0.15, -0.1) is 0 Å². The first-order valence-corrected chi connectivity index (χ1v) is 9.57. The molecule has 0 radical (unpaired) electrons. The maximum Gasteiger partial charge on any atom is 0.242 e. The van der Waals surface area contributed by atoms with Crippen molar-refractivity contribution in [2.45, 2.75) is 4.90 Å². The predicted octanol–water partition coefficient (Wildman–Crippen LogP) is 1.04. The number of nitrogens with one attached hydrogen (secondary N) is 1. The van der Waals surface area contributed by atoms with Gasteiger partial charge in [0.05, 0.1) is 23.9 Å². The van der Waals surface area contributed by atoms with Crippen LogP contribution in [0.15, 0.2) is 23.1 Å². The summed E-state index contributed by atoms with van der Waals surface area (Å²) in [5, 5.41) is 9.07. The van der Waals surface area contributed by atoms with Crippen LogP contribution in [-0.4, -0.2) is 53.3 Å². The summed E-state index contributed by atoms with van der Waals surface area (Å²) in [4.78, 5) is 2.25. The van der Waals surface area contributed by atoms with E-state index in [0.29, 0.717) is 17.9 Å². The highest BCUT2D eigenvalue weighted by molar-refractivity contribution is 7.99. The Morgan fingerprint density at radius 3 is 2.77 bits per heavy atom. The quantitative estimate of drug-likeness (QED) is 0.779. The molecule has 1 aliphatic rings. The minimum Gasteiger partial charge on any atom is -0.383 e. The zero-order valence-corrected chi connectivity index (χ0v) is 14.0. The van der Waals surface area contributed by atoms with Crippen LogP contribution in [0.3, 0.4) is 0 Å². The molecule has 1 saturated heterocycles. The Morgan fingerprint density at radius 1 is 1.41 bits per heavy atom. The lowest BCUT2D eigenvalue weighted by Crippen LogP contribution is -2.35. The molecule has 1 heterocycles. The first-order chi connectivity index (χ1) is 10.6. The van der Waals surface area contributed by atoms with Crippen LogP contribution in [0.4, 0.5) is 5.69 Å². The fourth-order valence-corrected chi connectivity index (χ4v) is 4.34. The number of anilines is 1. The lowest BCUT2D eigenvalue weighted by Gasteiger charge is -2.30. The summed E-state index contributed by atoms with van der Waals surface area (Å²) in [5.74, 6) is 1.90. The van der Waals surface area contributed by atoms with Crippen LogP contribution in [0, 0.1) is 11.3 Å². The van der Waals surface area contributed by atoms with E-state index in [1.54, 1.807) is 6.07 Å². The summed E-state index contributed by atoms with van der Waals surface area (Å²) in [6, 6.07) is 6.76. The molecule has 1 fully saturated rings. The molecule has 0 aromatic heterocycles. The standard InChI is InChI=1S/C14H19N3O3S2/c1-20-7-4-16-22(18,19)14-3-2-12(11-15)10-13(14)17-5-8-21-9-6-17/h2-3,10,16H,4-9H2,1H3. The highest BCUT2D eigenvalue weighted by Gasteiger charge is 2.23. The van der Waals surface area contributed by atoms with Gasteiger partial charge in [0.15, 0.2) is 0 Å². The van der Waals surface area contributed by atoms with Gasteiger partial charge >= 0.3 is 0 Å². The Morgan fingerprint density at radius 2 is 2.14 bits per heavy atom. The monoisotopic (exact) mass is 341 g/mol. The summed E-state index contributed by atoms with van der Waals surface area (Å²) < 4.78 is 32.4. The molecule has 0 amide bonds. The van der Waals surface area contributed by atoms with Gasteiger partial charge in [0.2, 0.25) is 10.0 Å². The van der Waals surface area contributed by atoms with E-state index >= 15 is 0 Å². The lowest BCUT2D eigenvalue weighted by molar-refractivity contribution is 0.204. The number of sulfonamides is 1. The zero-order valence-electron chi connectivity index (χ0n) is 12.4. The van der Waals surface area contributed by atoms with Crippen LogP contribution < -0.4 is 9.62 Å². The second-order valence-electron chi connectivity index (χ2n) is 4.78. The normalized spacial score (nSPS) is 15.5. The van der Waals surface area contributed by atoms with Crippen molar-refractivity contribution in [1.29, 1.82) is 5.26 Å². The van der Waals surface area contributed by atoms with Gasteiger partial charge in [-0.2, -0.15) is 17.0 Å². The largest absolute Gasteiger partial charge is 0.383 e. The van der Waals surface area contributed by atoms with E-state index in [9.17, 15) is 8.42 Å². The average molecular weight is 341 g/mol. The van der Waals surface area contributed by atoms with E-state index in [-0.39, 0.29) is 11.4 Å². The van der Waals surface area contributed by atoms with Gasteiger partial charge in [-0.25, -0.2) is 13.1 Å². The molecule has 1 aromatic carbocycles. The SMILES string of the molecule is COCCNS(=O)(=O)c1ccc(C#N)cc1N1CCSCC1. The highest BCUT2D eigenvalue weighted by Crippen LogP contribution is 2.28. The van der Waals surface area contributed by atoms with Gasteiger partial charge in [-0.05, 0) is 18.2 Å². The number of thioether (sulfide) groups is 1. The molecule has 1 aromatic rings. The molecule has 8 heteroatoms. The lowest BCUT2D eigenvalue weighted by atomic mass is 10.2. The van der Waals surface area contributed by atoms with Crippen LogP contribution in [0.5, 0.6) is 0 Å². The highest BCUT2D eigenvalue weighted by atomic mass is 32.2. The Balaban J connectivity index is 2.35. The summed E-state index contributed by atoms with van der Waals surface area (Å²) in [6.45, 7) is 2.08. The molecule has 22 heavy (non-hydrogen) atoms. The second-order valence-corrected chi connectivity index (χ2v) is 7.74. The molecule has 2 rings (SSSR count). The van der Waals surface area contributed by atoms with E-state index < -0.39 is 10.0 Å². The Bertz CT molecular complexity index is 650. The number of methoxy groups -OCH3 is 1. The Kier molecular flexibility index (Phi) is 6.08. The molecule has 0 bridgehead atoms. The van der Waals surface area contributed by atoms with Crippen molar-refractivity contribution in [2.75, 3.05) is 49.8 Å². The van der Waals surface area contributed by atoms with Crippen LogP contribution in [-0.2, 0) is 14.8 Å². The van der Waals surface area contributed by atoms with E-state index in [4.69, 9.17) is 10.00 Å². The third-order valence-electron chi connectivity index (χ3n) is 3.33. The van der Waals surface area contributed by atoms with Crippen molar-refractivity contribution in [1.82, 2.24) is 4.72 Å². The van der Waals surface area contributed by atoms with Crippen LogP contribution in [0.1, 0.15) is 5.56 Å². The fourth-order valence-electron chi connectivity index (χ4n) is 2.22. The molecule has 0 aliphatic carbocycles. The summed E-state index contributed by atoms with van der Waals surface area (Å²) >= 11 is 1.85. The number of nitrogens with zero attached hydrogens (tertiary/aromatic N) is 2. The molecule has 0 saturated carbocycles. The van der Waals surface area contributed by atoms with Crippen molar-refractivity contribution < 1.29 is 13.2 Å². The Hall–Kier alpha value is -1.27. The van der Waals surface area contributed by atoms with Crippen LogP contribution in [0.25, 0.3) is 0 Å². The van der Waals surface area contributed by atoms with Gasteiger partial charge in [-0.3, -0.25) is 0 Å². The number of nitriles is 1. The van der Waals surface area contributed by atoms with Crippen molar-refractivity contribution >= 4 is 27.5 Å². The maximum absolute atomic E-state index is 12.5. The number of rotatable bonds is 6. The number of hydrogen-bond donors (Lipinski definition) is 1. The molecule has 1 N–H and O–H groups in total. The number of hydrogen-bond acceptors (Lipinski definition) is 6. The molecule has 0 unspecified atom stereocenters. The molecular formula is C14H19N3O3S2. The zero-order chi connectivity index (χ0) is 16.0. The molecule has 120 valence electrons. The summed E-state index contributed by atoms with van der Waals surface area (Å²) in [5.41, 5.74) is 1.06. The third-order valence-corrected chi connectivity index (χ3v) is 5.78. The van der Waals surface area contributed by atoms with Gasteiger partial charge < -0.3 is 9.64 Å².